The van der Waals surface area contributed by atoms with E-state index >= 15 is 0 Å². The summed E-state index contributed by atoms with van der Waals surface area (Å²) in [6.45, 7) is 0. The number of benzene rings is 1. The van der Waals surface area contributed by atoms with E-state index in [1.165, 1.54) is 38.5 Å². The van der Waals surface area contributed by atoms with Crippen molar-refractivity contribution in [2.24, 2.45) is 0 Å². The molecule has 0 aromatic heterocycles. The number of nitrogens with zero attached hydrogens (tertiary/aromatic N) is 1. The van der Waals surface area contributed by atoms with Gasteiger partial charge in [-0.15, -0.1) is 0 Å². The van der Waals surface area contributed by atoms with E-state index in [2.05, 4.69) is 11.4 Å². The average Bonchev–Trinajstić information content (AvgIpc) is 2.65. The molecule has 1 aromatic rings. The van der Waals surface area contributed by atoms with Crippen molar-refractivity contribution in [1.82, 2.24) is 5.32 Å². The van der Waals surface area contributed by atoms with Gasteiger partial charge < -0.3 is 0 Å². The molecule has 2 nitrogen and oxygen atoms in total. The molecule has 0 radical (unpaired) electrons. The Balaban J connectivity index is 1.98. The molecule has 2 heteroatoms. The summed E-state index contributed by atoms with van der Waals surface area (Å²) in [5.41, 5.74) is 1.08. The summed E-state index contributed by atoms with van der Waals surface area (Å²) < 4.78 is 0. The van der Waals surface area contributed by atoms with Gasteiger partial charge in [-0.05, 0) is 18.4 Å². The van der Waals surface area contributed by atoms with Crippen LogP contribution in [0.25, 0.3) is 0 Å². The van der Waals surface area contributed by atoms with Crippen LogP contribution >= 0.6 is 0 Å². The molecule has 1 fully saturated rings. The van der Waals surface area contributed by atoms with E-state index in [1.807, 2.05) is 30.3 Å². The van der Waals surface area contributed by atoms with Gasteiger partial charge in [-0.25, -0.2) is 0 Å². The second-order valence-electron chi connectivity index (χ2n) is 4.83. The zero-order valence-electron chi connectivity index (χ0n) is 10.2. The van der Waals surface area contributed by atoms with Gasteiger partial charge in [0, 0.05) is 6.04 Å². The minimum atomic E-state index is -0.153. The molecule has 1 aliphatic rings. The van der Waals surface area contributed by atoms with Crippen molar-refractivity contribution < 1.29 is 0 Å². The molecule has 1 aliphatic carbocycles. The van der Waals surface area contributed by atoms with E-state index in [1.54, 1.807) is 0 Å². The number of rotatable bonds is 3. The van der Waals surface area contributed by atoms with Crippen molar-refractivity contribution in [3.8, 4) is 6.07 Å². The Morgan fingerprint density at radius 1 is 1.06 bits per heavy atom. The Kier molecular flexibility index (Phi) is 4.58. The van der Waals surface area contributed by atoms with E-state index in [0.717, 1.165) is 5.56 Å². The first-order valence-electron chi connectivity index (χ1n) is 6.61. The van der Waals surface area contributed by atoms with Gasteiger partial charge in [-0.2, -0.15) is 5.26 Å². The zero-order chi connectivity index (χ0) is 11.9. The molecule has 0 amide bonds. The second kappa shape index (κ2) is 6.42. The van der Waals surface area contributed by atoms with Crippen LogP contribution in [0.2, 0.25) is 0 Å². The molecule has 0 aliphatic heterocycles. The van der Waals surface area contributed by atoms with Gasteiger partial charge in [-0.1, -0.05) is 56.0 Å². The van der Waals surface area contributed by atoms with Gasteiger partial charge in [0.1, 0.15) is 6.04 Å². The maximum Gasteiger partial charge on any atom is 0.121 e. The van der Waals surface area contributed by atoms with Gasteiger partial charge in [0.05, 0.1) is 6.07 Å². The zero-order valence-corrected chi connectivity index (χ0v) is 10.2. The SMILES string of the molecule is N#CC(NC1CCCCCC1)c1ccccc1. The quantitative estimate of drug-likeness (QED) is 0.803. The second-order valence-corrected chi connectivity index (χ2v) is 4.83. The van der Waals surface area contributed by atoms with Crippen LogP contribution in [-0.2, 0) is 0 Å². The minimum absolute atomic E-state index is 0.153. The van der Waals surface area contributed by atoms with Crippen LogP contribution in [0.4, 0.5) is 0 Å². The van der Waals surface area contributed by atoms with Gasteiger partial charge in [0.15, 0.2) is 0 Å². The van der Waals surface area contributed by atoms with Crippen LogP contribution in [0.1, 0.15) is 50.1 Å². The lowest BCUT2D eigenvalue weighted by atomic mass is 10.0. The fraction of sp³-hybridized carbons (Fsp3) is 0.533. The molecule has 1 unspecified atom stereocenters. The first-order chi connectivity index (χ1) is 8.40. The molecule has 1 N–H and O–H groups in total. The molecule has 90 valence electrons. The molecule has 1 saturated carbocycles. The molecule has 0 heterocycles. The standard InChI is InChI=1S/C15H20N2/c16-12-15(13-8-4-3-5-9-13)17-14-10-6-1-2-7-11-14/h3-5,8-9,14-15,17H,1-2,6-7,10-11H2. The minimum Gasteiger partial charge on any atom is -0.295 e. The third kappa shape index (κ3) is 3.57. The molecular weight excluding hydrogens is 208 g/mol. The Morgan fingerprint density at radius 3 is 2.29 bits per heavy atom. The van der Waals surface area contributed by atoms with E-state index in [9.17, 15) is 5.26 Å². The van der Waals surface area contributed by atoms with Gasteiger partial charge >= 0.3 is 0 Å². The highest BCUT2D eigenvalue weighted by molar-refractivity contribution is 5.23. The molecule has 0 bridgehead atoms. The monoisotopic (exact) mass is 228 g/mol. The van der Waals surface area contributed by atoms with Crippen molar-refractivity contribution in [1.29, 1.82) is 5.26 Å². The van der Waals surface area contributed by atoms with E-state index in [0.29, 0.717) is 6.04 Å². The summed E-state index contributed by atoms with van der Waals surface area (Å²) in [7, 11) is 0. The lowest BCUT2D eigenvalue weighted by Crippen LogP contribution is -2.31. The summed E-state index contributed by atoms with van der Waals surface area (Å²) >= 11 is 0. The molecule has 1 aromatic carbocycles. The Bertz CT molecular complexity index is 358. The molecule has 1 atom stereocenters. The Morgan fingerprint density at radius 2 is 1.71 bits per heavy atom. The average molecular weight is 228 g/mol. The molecule has 2 rings (SSSR count). The van der Waals surface area contributed by atoms with Crippen LogP contribution in [0.5, 0.6) is 0 Å². The number of hydrogen-bond donors (Lipinski definition) is 1. The van der Waals surface area contributed by atoms with Crippen LogP contribution in [0, 0.1) is 11.3 Å². The summed E-state index contributed by atoms with van der Waals surface area (Å²) in [5, 5.41) is 12.8. The normalized spacial score (nSPS) is 19.2. The summed E-state index contributed by atoms with van der Waals surface area (Å²) in [5.74, 6) is 0. The summed E-state index contributed by atoms with van der Waals surface area (Å²) in [6, 6.07) is 12.8. The Hall–Kier alpha value is -1.33. The van der Waals surface area contributed by atoms with Crippen molar-refractivity contribution in [2.45, 2.75) is 50.6 Å². The highest BCUT2D eigenvalue weighted by Crippen LogP contribution is 2.20. The topological polar surface area (TPSA) is 35.8 Å². The number of hydrogen-bond acceptors (Lipinski definition) is 2. The van der Waals surface area contributed by atoms with Crippen LogP contribution < -0.4 is 5.32 Å². The third-order valence-electron chi connectivity index (χ3n) is 3.52. The number of nitriles is 1. The largest absolute Gasteiger partial charge is 0.295 e. The maximum absolute atomic E-state index is 9.27. The van der Waals surface area contributed by atoms with E-state index < -0.39 is 0 Å². The molecule has 17 heavy (non-hydrogen) atoms. The fourth-order valence-corrected chi connectivity index (χ4v) is 2.54. The predicted octanol–water partition coefficient (Wildman–Crippen LogP) is 3.56. The first-order valence-corrected chi connectivity index (χ1v) is 6.61. The van der Waals surface area contributed by atoms with Crippen molar-refractivity contribution in [3.05, 3.63) is 35.9 Å². The van der Waals surface area contributed by atoms with E-state index in [-0.39, 0.29) is 6.04 Å². The van der Waals surface area contributed by atoms with Gasteiger partial charge in [-0.3, -0.25) is 5.32 Å². The van der Waals surface area contributed by atoms with Gasteiger partial charge in [0.2, 0.25) is 0 Å². The van der Waals surface area contributed by atoms with Crippen molar-refractivity contribution in [2.75, 3.05) is 0 Å². The molecule has 0 spiro atoms. The van der Waals surface area contributed by atoms with Gasteiger partial charge in [0.25, 0.3) is 0 Å². The van der Waals surface area contributed by atoms with Crippen LogP contribution in [-0.4, -0.2) is 6.04 Å². The van der Waals surface area contributed by atoms with Crippen LogP contribution in [0.3, 0.4) is 0 Å². The predicted molar refractivity (Wildman–Crippen MR) is 69.4 cm³/mol. The highest BCUT2D eigenvalue weighted by Gasteiger charge is 2.17. The first kappa shape index (κ1) is 12.1. The summed E-state index contributed by atoms with van der Waals surface area (Å²) in [4.78, 5) is 0. The maximum atomic E-state index is 9.27. The smallest absolute Gasteiger partial charge is 0.121 e. The lowest BCUT2D eigenvalue weighted by molar-refractivity contribution is 0.436. The van der Waals surface area contributed by atoms with E-state index in [4.69, 9.17) is 0 Å². The lowest BCUT2D eigenvalue weighted by Gasteiger charge is -2.20. The summed E-state index contributed by atoms with van der Waals surface area (Å²) in [6.07, 6.45) is 7.71. The molecular formula is C15H20N2. The van der Waals surface area contributed by atoms with Crippen LogP contribution in [0.15, 0.2) is 30.3 Å². The third-order valence-corrected chi connectivity index (χ3v) is 3.52. The fourth-order valence-electron chi connectivity index (χ4n) is 2.54. The van der Waals surface area contributed by atoms with Crippen molar-refractivity contribution in [3.63, 3.8) is 0 Å². The molecule has 0 saturated heterocycles. The number of nitrogens with one attached hydrogen (secondary N) is 1. The van der Waals surface area contributed by atoms with Crippen molar-refractivity contribution >= 4 is 0 Å². The Labute approximate surface area is 104 Å². The highest BCUT2D eigenvalue weighted by atomic mass is 14.9.